The van der Waals surface area contributed by atoms with Crippen LogP contribution in [-0.2, 0) is 0 Å². The predicted octanol–water partition coefficient (Wildman–Crippen LogP) is 2.26. The number of hydrogen-bond donors (Lipinski definition) is 2. The highest BCUT2D eigenvalue weighted by atomic mass is 16.4. The lowest BCUT2D eigenvalue weighted by molar-refractivity contribution is 0.0267. The van der Waals surface area contributed by atoms with Gasteiger partial charge in [0.25, 0.3) is 5.89 Å². The van der Waals surface area contributed by atoms with Gasteiger partial charge < -0.3 is 14.8 Å². The molecule has 2 aromatic rings. The molecular formula is C18H21N3O3. The molecular weight excluding hydrogens is 306 g/mol. The third-order valence-corrected chi connectivity index (χ3v) is 5.22. The standard InChI is InChI=1S/C18H21N3O3/c1-11-8-13-6-7-21(11)10-15(13)20-17(23)18-19-9-16(24-18)12-2-4-14(22)5-3-12/h2-5,9,11,13,15,22H,6-8,10H2,1H3,(H,20,23)/t11?,13?,15-/m0/s1. The first-order chi connectivity index (χ1) is 11.6. The van der Waals surface area contributed by atoms with Crippen molar-refractivity contribution in [3.63, 3.8) is 0 Å². The molecule has 5 rings (SSSR count). The highest BCUT2D eigenvalue weighted by molar-refractivity contribution is 5.90. The molecule has 4 atom stereocenters. The minimum absolute atomic E-state index is 0.0857. The number of nitrogens with one attached hydrogen (secondary N) is 1. The Balaban J connectivity index is 1.45. The normalized spacial score (nSPS) is 28.7. The maximum atomic E-state index is 12.4. The van der Waals surface area contributed by atoms with Gasteiger partial charge in [-0.1, -0.05) is 0 Å². The molecule has 3 aliphatic rings. The number of fused-ring (bicyclic) bond motifs is 3. The second kappa shape index (κ2) is 5.94. The Hall–Kier alpha value is -2.34. The summed E-state index contributed by atoms with van der Waals surface area (Å²) < 4.78 is 5.60. The fraction of sp³-hybridized carbons (Fsp3) is 0.444. The molecule has 6 nitrogen and oxygen atoms in total. The largest absolute Gasteiger partial charge is 0.508 e. The van der Waals surface area contributed by atoms with E-state index in [-0.39, 0.29) is 23.6 Å². The van der Waals surface area contributed by atoms with Crippen LogP contribution in [0.1, 0.15) is 30.5 Å². The van der Waals surface area contributed by atoms with Crippen LogP contribution in [0.3, 0.4) is 0 Å². The van der Waals surface area contributed by atoms with E-state index in [1.165, 1.54) is 0 Å². The van der Waals surface area contributed by atoms with Gasteiger partial charge in [0.05, 0.1) is 6.20 Å². The Morgan fingerprint density at radius 2 is 2.17 bits per heavy atom. The topological polar surface area (TPSA) is 78.6 Å². The third-order valence-electron chi connectivity index (χ3n) is 5.22. The van der Waals surface area contributed by atoms with Crippen LogP contribution in [0.4, 0.5) is 0 Å². The van der Waals surface area contributed by atoms with Gasteiger partial charge >= 0.3 is 5.91 Å². The molecule has 3 unspecified atom stereocenters. The van der Waals surface area contributed by atoms with Gasteiger partial charge in [0.1, 0.15) is 5.75 Å². The Morgan fingerprint density at radius 1 is 1.38 bits per heavy atom. The van der Waals surface area contributed by atoms with Crippen molar-refractivity contribution in [2.75, 3.05) is 13.1 Å². The summed E-state index contributed by atoms with van der Waals surface area (Å²) in [5, 5.41) is 12.4. The number of oxazole rings is 1. The number of aromatic hydroxyl groups is 1. The zero-order valence-corrected chi connectivity index (χ0v) is 13.6. The van der Waals surface area contributed by atoms with Gasteiger partial charge in [-0.3, -0.25) is 9.69 Å². The first-order valence-corrected chi connectivity index (χ1v) is 8.40. The Morgan fingerprint density at radius 3 is 2.83 bits per heavy atom. The number of aromatic nitrogens is 1. The maximum absolute atomic E-state index is 12.4. The molecule has 1 aromatic heterocycles. The summed E-state index contributed by atoms with van der Waals surface area (Å²) in [4.78, 5) is 19.0. The average Bonchev–Trinajstić information content (AvgIpc) is 3.07. The minimum Gasteiger partial charge on any atom is -0.508 e. The second-order valence-corrected chi connectivity index (χ2v) is 6.78. The molecule has 4 heterocycles. The molecule has 3 aliphatic heterocycles. The van der Waals surface area contributed by atoms with E-state index in [4.69, 9.17) is 4.42 Å². The van der Waals surface area contributed by atoms with Crippen LogP contribution in [0, 0.1) is 5.92 Å². The monoisotopic (exact) mass is 327 g/mol. The van der Waals surface area contributed by atoms with Crippen LogP contribution in [-0.4, -0.2) is 46.1 Å². The van der Waals surface area contributed by atoms with Gasteiger partial charge in [-0.2, -0.15) is 0 Å². The number of hydrogen-bond acceptors (Lipinski definition) is 5. The number of phenols is 1. The van der Waals surface area contributed by atoms with Crippen molar-refractivity contribution < 1.29 is 14.3 Å². The van der Waals surface area contributed by atoms with Crippen LogP contribution in [0.25, 0.3) is 11.3 Å². The summed E-state index contributed by atoms with van der Waals surface area (Å²) in [6.45, 7) is 4.29. The lowest BCUT2D eigenvalue weighted by Gasteiger charge is -2.48. The summed E-state index contributed by atoms with van der Waals surface area (Å²) >= 11 is 0. The molecule has 0 spiro atoms. The number of rotatable bonds is 3. The van der Waals surface area contributed by atoms with Gasteiger partial charge in [-0.25, -0.2) is 4.98 Å². The molecule has 0 saturated carbocycles. The number of piperidine rings is 3. The quantitative estimate of drug-likeness (QED) is 0.904. The molecule has 0 radical (unpaired) electrons. The summed E-state index contributed by atoms with van der Waals surface area (Å²) in [6, 6.07) is 7.39. The molecule has 0 aliphatic carbocycles. The van der Waals surface area contributed by atoms with Crippen LogP contribution >= 0.6 is 0 Å². The lowest BCUT2D eigenvalue weighted by Crippen LogP contribution is -2.60. The molecule has 6 heteroatoms. The van der Waals surface area contributed by atoms with E-state index >= 15 is 0 Å². The van der Waals surface area contributed by atoms with E-state index < -0.39 is 0 Å². The zero-order chi connectivity index (χ0) is 16.7. The van der Waals surface area contributed by atoms with E-state index in [0.717, 1.165) is 31.5 Å². The van der Waals surface area contributed by atoms with Crippen LogP contribution in [0.5, 0.6) is 5.75 Å². The molecule has 3 fully saturated rings. The minimum atomic E-state index is -0.258. The van der Waals surface area contributed by atoms with Crippen LogP contribution in [0.15, 0.2) is 34.9 Å². The van der Waals surface area contributed by atoms with E-state index in [2.05, 4.69) is 22.1 Å². The molecule has 1 aromatic carbocycles. The molecule has 3 saturated heterocycles. The van der Waals surface area contributed by atoms with Crippen LogP contribution in [0.2, 0.25) is 0 Å². The summed E-state index contributed by atoms with van der Waals surface area (Å²) in [5.74, 6) is 1.07. The van der Waals surface area contributed by atoms with Crippen molar-refractivity contribution in [2.24, 2.45) is 5.92 Å². The van der Waals surface area contributed by atoms with Gasteiger partial charge in [-0.15, -0.1) is 0 Å². The number of phenolic OH excluding ortho intramolecular Hbond substituents is 1. The molecule has 126 valence electrons. The van der Waals surface area contributed by atoms with Crippen molar-refractivity contribution in [1.29, 1.82) is 0 Å². The van der Waals surface area contributed by atoms with Crippen molar-refractivity contribution in [1.82, 2.24) is 15.2 Å². The Bertz CT molecular complexity index is 740. The summed E-state index contributed by atoms with van der Waals surface area (Å²) in [6.07, 6.45) is 3.81. The number of nitrogens with zero attached hydrogens (tertiary/aromatic N) is 2. The van der Waals surface area contributed by atoms with Gasteiger partial charge in [0.15, 0.2) is 5.76 Å². The van der Waals surface area contributed by atoms with E-state index in [0.29, 0.717) is 17.7 Å². The molecule has 24 heavy (non-hydrogen) atoms. The number of carbonyl (C=O) groups excluding carboxylic acids is 1. The van der Waals surface area contributed by atoms with Crippen LogP contribution < -0.4 is 5.32 Å². The summed E-state index contributed by atoms with van der Waals surface area (Å²) in [5.41, 5.74) is 0.774. The SMILES string of the molecule is CC1CC2CCN1C[C@@H]2NC(=O)c1ncc(-c2ccc(O)cc2)o1. The third kappa shape index (κ3) is 2.78. The highest BCUT2D eigenvalue weighted by Gasteiger charge is 2.39. The smallest absolute Gasteiger partial charge is 0.307 e. The first kappa shape index (κ1) is 15.2. The second-order valence-electron chi connectivity index (χ2n) is 6.78. The van der Waals surface area contributed by atoms with Gasteiger partial charge in [0.2, 0.25) is 0 Å². The number of amides is 1. The fourth-order valence-corrected chi connectivity index (χ4v) is 3.83. The highest BCUT2D eigenvalue weighted by Crippen LogP contribution is 2.32. The fourth-order valence-electron chi connectivity index (χ4n) is 3.83. The first-order valence-electron chi connectivity index (χ1n) is 8.40. The zero-order valence-electron chi connectivity index (χ0n) is 13.6. The van der Waals surface area contributed by atoms with Gasteiger partial charge in [0, 0.05) is 24.2 Å². The van der Waals surface area contributed by atoms with E-state index in [1.54, 1.807) is 30.5 Å². The van der Waals surface area contributed by atoms with E-state index in [9.17, 15) is 9.90 Å². The number of carbonyl (C=O) groups is 1. The molecule has 1 amide bonds. The number of benzene rings is 1. The van der Waals surface area contributed by atoms with Gasteiger partial charge in [-0.05, 0) is 56.5 Å². The lowest BCUT2D eigenvalue weighted by atomic mass is 9.80. The Labute approximate surface area is 140 Å². The summed E-state index contributed by atoms with van der Waals surface area (Å²) in [7, 11) is 0. The van der Waals surface area contributed by atoms with Crippen molar-refractivity contribution >= 4 is 5.91 Å². The van der Waals surface area contributed by atoms with E-state index in [1.807, 2.05) is 0 Å². The molecule has 2 N–H and O–H groups in total. The van der Waals surface area contributed by atoms with Crippen molar-refractivity contribution in [2.45, 2.75) is 31.8 Å². The van der Waals surface area contributed by atoms with Crippen molar-refractivity contribution in [3.05, 3.63) is 36.4 Å². The molecule has 2 bridgehead atoms. The average molecular weight is 327 g/mol. The van der Waals surface area contributed by atoms with Crippen molar-refractivity contribution in [3.8, 4) is 17.1 Å². The Kier molecular flexibility index (Phi) is 3.76. The maximum Gasteiger partial charge on any atom is 0.307 e. The predicted molar refractivity (Wildman–Crippen MR) is 88.6 cm³/mol.